The van der Waals surface area contributed by atoms with Gasteiger partial charge >= 0.3 is 0 Å². The summed E-state index contributed by atoms with van der Waals surface area (Å²) in [7, 11) is 0. The summed E-state index contributed by atoms with van der Waals surface area (Å²) >= 11 is 0. The Hall–Kier alpha value is -3.19. The molecule has 1 aliphatic heterocycles. The van der Waals surface area contributed by atoms with E-state index in [0.29, 0.717) is 25.5 Å². The second kappa shape index (κ2) is 16.6. The van der Waals surface area contributed by atoms with Crippen LogP contribution in [0.3, 0.4) is 0 Å². The van der Waals surface area contributed by atoms with E-state index >= 15 is 0 Å². The van der Waals surface area contributed by atoms with Crippen LogP contribution >= 0.6 is 0 Å². The minimum atomic E-state index is 0.145. The molecule has 0 unspecified atom stereocenters. The van der Waals surface area contributed by atoms with Gasteiger partial charge in [0.1, 0.15) is 12.4 Å². The van der Waals surface area contributed by atoms with Crippen LogP contribution in [0, 0.1) is 0 Å². The zero-order valence-corrected chi connectivity index (χ0v) is 23.3. The summed E-state index contributed by atoms with van der Waals surface area (Å²) in [4.78, 5) is 28.4. The lowest BCUT2D eigenvalue weighted by molar-refractivity contribution is -0.130. The van der Waals surface area contributed by atoms with Crippen LogP contribution in [0.5, 0.6) is 5.75 Å². The molecule has 3 rings (SSSR count). The van der Waals surface area contributed by atoms with E-state index in [2.05, 4.69) is 40.3 Å². The number of hydrogen-bond acceptors (Lipinski definition) is 4. The van der Waals surface area contributed by atoms with Gasteiger partial charge in [0.05, 0.1) is 0 Å². The Morgan fingerprint density at radius 1 is 1.11 bits per heavy atom. The molecule has 0 atom stereocenters. The van der Waals surface area contributed by atoms with Crippen molar-refractivity contribution in [2.75, 3.05) is 45.9 Å². The highest BCUT2D eigenvalue weighted by Gasteiger charge is 2.28. The third kappa shape index (κ3) is 9.93. The van der Waals surface area contributed by atoms with Crippen molar-refractivity contribution in [2.45, 2.75) is 58.4 Å². The van der Waals surface area contributed by atoms with Crippen molar-refractivity contribution in [1.29, 1.82) is 0 Å². The number of rotatable bonds is 13. The Morgan fingerprint density at radius 3 is 2.50 bits per heavy atom. The average molecular weight is 520 g/mol. The third-order valence-corrected chi connectivity index (χ3v) is 7.12. The zero-order valence-electron chi connectivity index (χ0n) is 23.3. The van der Waals surface area contributed by atoms with Crippen molar-refractivity contribution in [3.8, 4) is 5.75 Å². The predicted octanol–water partition coefficient (Wildman–Crippen LogP) is 5.33. The number of ether oxygens (including phenoxy) is 1. The molecule has 0 aromatic heterocycles. The number of carbonyl (C=O) groups is 1. The third-order valence-electron chi connectivity index (χ3n) is 7.12. The zero-order chi connectivity index (χ0) is 27.0. The van der Waals surface area contributed by atoms with Gasteiger partial charge in [-0.3, -0.25) is 9.69 Å². The van der Waals surface area contributed by atoms with Gasteiger partial charge in [-0.25, -0.2) is 9.98 Å². The molecule has 0 N–H and O–H groups in total. The van der Waals surface area contributed by atoms with Crippen molar-refractivity contribution in [1.82, 2.24) is 14.7 Å². The minimum absolute atomic E-state index is 0.145. The van der Waals surface area contributed by atoms with E-state index < -0.39 is 0 Å². The first kappa shape index (κ1) is 29.4. The van der Waals surface area contributed by atoms with Crippen molar-refractivity contribution in [3.05, 3.63) is 66.4 Å². The largest absolute Gasteiger partial charge is 0.490 e. The van der Waals surface area contributed by atoms with Crippen molar-refractivity contribution < 1.29 is 9.53 Å². The number of amides is 1. The van der Waals surface area contributed by atoms with Gasteiger partial charge in [0, 0.05) is 57.9 Å². The van der Waals surface area contributed by atoms with Gasteiger partial charge < -0.3 is 14.5 Å². The van der Waals surface area contributed by atoms with Gasteiger partial charge in [-0.15, -0.1) is 0 Å². The molecular formula is C31H45N5O2. The number of hydrogen-bond donors (Lipinski definition) is 0. The first-order valence-corrected chi connectivity index (χ1v) is 14.1. The second-order valence-corrected chi connectivity index (χ2v) is 9.99. The Morgan fingerprint density at radius 2 is 1.84 bits per heavy atom. The van der Waals surface area contributed by atoms with E-state index in [-0.39, 0.29) is 5.91 Å². The molecule has 2 fully saturated rings. The Labute approximate surface area is 229 Å². The van der Waals surface area contributed by atoms with E-state index in [9.17, 15) is 4.79 Å². The number of aliphatic imine (C=N–C) groups is 2. The number of piperazine rings is 1. The smallest absolute Gasteiger partial charge is 0.226 e. The molecule has 1 amide bonds. The summed E-state index contributed by atoms with van der Waals surface area (Å²) in [5, 5.41) is 0. The van der Waals surface area contributed by atoms with Crippen molar-refractivity contribution in [3.63, 3.8) is 0 Å². The molecule has 0 bridgehead atoms. The molecule has 1 aromatic carbocycles. The maximum atomic E-state index is 12.8. The summed E-state index contributed by atoms with van der Waals surface area (Å²) in [6.07, 6.45) is 15.7. The van der Waals surface area contributed by atoms with Crippen LogP contribution in [-0.4, -0.2) is 85.2 Å². The van der Waals surface area contributed by atoms with E-state index in [1.165, 1.54) is 19.3 Å². The molecule has 7 nitrogen and oxygen atoms in total. The van der Waals surface area contributed by atoms with Crippen LogP contribution in [-0.2, 0) is 4.79 Å². The molecule has 1 saturated heterocycles. The molecule has 7 heteroatoms. The van der Waals surface area contributed by atoms with Gasteiger partial charge in [-0.05, 0) is 57.5 Å². The summed E-state index contributed by atoms with van der Waals surface area (Å²) in [5.41, 5.74) is 1.13. The molecule has 0 spiro atoms. The van der Waals surface area contributed by atoms with E-state index in [1.807, 2.05) is 65.7 Å². The lowest BCUT2D eigenvalue weighted by atomic mass is 9.91. The molecule has 1 aromatic rings. The summed E-state index contributed by atoms with van der Waals surface area (Å²) in [6.45, 7) is 13.9. The van der Waals surface area contributed by atoms with Gasteiger partial charge in [-0.2, -0.15) is 0 Å². The maximum Gasteiger partial charge on any atom is 0.226 e. The van der Waals surface area contributed by atoms with Gasteiger partial charge in [0.25, 0.3) is 0 Å². The van der Waals surface area contributed by atoms with E-state index in [1.54, 1.807) is 0 Å². The topological polar surface area (TPSA) is 60.7 Å². The number of nitrogens with zero attached hydrogens (tertiary/aromatic N) is 5. The number of carbonyl (C=O) groups excluding carboxylic acids is 1. The highest BCUT2D eigenvalue weighted by Crippen LogP contribution is 2.25. The van der Waals surface area contributed by atoms with Crippen LogP contribution < -0.4 is 4.74 Å². The quantitative estimate of drug-likeness (QED) is 0.201. The standard InChI is InChI=1S/C31H45N5O2/c1-4-19-35(30(37)17-10-5-6-11-25-38-29-15-8-7-9-16-29)20-18-27(2)26-33-31(32-3)36-23-21-34(22-24-36)28-13-12-14-28/h5-11,15-16,26,28H,3-4,12-14,17-25H2,1-2H3/b10-5-,11-6-,27-26+,33-31?. The summed E-state index contributed by atoms with van der Waals surface area (Å²) < 4.78 is 5.63. The average Bonchev–Trinajstić information content (AvgIpc) is 2.91. The SMILES string of the molecule is C=NC(=N/C=C(\C)CCN(CCC)C(=O)C/C=C\C=C/COc1ccccc1)N1CCN(C2CCC2)CC1. The van der Waals surface area contributed by atoms with Gasteiger partial charge in [0.2, 0.25) is 11.9 Å². The molecule has 0 radical (unpaired) electrons. The van der Waals surface area contributed by atoms with Crippen LogP contribution in [0.4, 0.5) is 0 Å². The first-order chi connectivity index (χ1) is 18.6. The molecule has 2 aliphatic rings. The lowest BCUT2D eigenvalue weighted by Crippen LogP contribution is -2.53. The monoisotopic (exact) mass is 519 g/mol. The Bertz CT molecular complexity index is 973. The van der Waals surface area contributed by atoms with Crippen LogP contribution in [0.15, 0.2) is 76.4 Å². The number of benzene rings is 1. The van der Waals surface area contributed by atoms with Gasteiger partial charge in [-0.1, -0.05) is 55.3 Å². The Balaban J connectivity index is 1.39. The fourth-order valence-corrected chi connectivity index (χ4v) is 4.61. The minimum Gasteiger partial charge on any atom is -0.490 e. The fraction of sp³-hybridized carbons (Fsp3) is 0.516. The summed E-state index contributed by atoms with van der Waals surface area (Å²) in [5.74, 6) is 1.69. The lowest BCUT2D eigenvalue weighted by Gasteiger charge is -2.43. The molecule has 206 valence electrons. The number of para-hydroxylation sites is 1. The molecular weight excluding hydrogens is 474 g/mol. The fourth-order valence-electron chi connectivity index (χ4n) is 4.61. The second-order valence-electron chi connectivity index (χ2n) is 9.99. The van der Waals surface area contributed by atoms with Crippen LogP contribution in [0.2, 0.25) is 0 Å². The molecule has 1 aliphatic carbocycles. The predicted molar refractivity (Wildman–Crippen MR) is 158 cm³/mol. The molecule has 1 heterocycles. The summed E-state index contributed by atoms with van der Waals surface area (Å²) in [6, 6.07) is 10.5. The highest BCUT2D eigenvalue weighted by molar-refractivity contribution is 5.84. The van der Waals surface area contributed by atoms with Crippen LogP contribution in [0.25, 0.3) is 0 Å². The molecule has 1 saturated carbocycles. The first-order valence-electron chi connectivity index (χ1n) is 14.1. The maximum absolute atomic E-state index is 12.8. The highest BCUT2D eigenvalue weighted by atomic mass is 16.5. The normalized spacial score (nSPS) is 17.7. The van der Waals surface area contributed by atoms with Gasteiger partial charge in [0.15, 0.2) is 0 Å². The number of guanidine groups is 1. The Kier molecular flexibility index (Phi) is 12.8. The van der Waals surface area contributed by atoms with E-state index in [0.717, 1.165) is 62.9 Å². The molecule has 38 heavy (non-hydrogen) atoms. The van der Waals surface area contributed by atoms with Crippen LogP contribution in [0.1, 0.15) is 52.4 Å². The van der Waals surface area contributed by atoms with Crippen molar-refractivity contribution >= 4 is 18.6 Å². The number of allylic oxidation sites excluding steroid dienone is 2. The van der Waals surface area contributed by atoms with Crippen molar-refractivity contribution in [2.24, 2.45) is 9.98 Å². The van der Waals surface area contributed by atoms with E-state index in [4.69, 9.17) is 4.74 Å².